The van der Waals surface area contributed by atoms with E-state index in [1.54, 1.807) is 30.3 Å². The first-order valence-electron chi connectivity index (χ1n) is 8.46. The number of para-hydroxylation sites is 1. The molecule has 5 nitrogen and oxygen atoms in total. The van der Waals surface area contributed by atoms with E-state index in [0.717, 1.165) is 12.8 Å². The quantitative estimate of drug-likeness (QED) is 0.604. The van der Waals surface area contributed by atoms with Crippen LogP contribution >= 0.6 is 11.6 Å². The van der Waals surface area contributed by atoms with Crippen molar-refractivity contribution in [3.63, 3.8) is 0 Å². The van der Waals surface area contributed by atoms with Gasteiger partial charge in [0.1, 0.15) is 11.3 Å². The predicted molar refractivity (Wildman–Crippen MR) is 104 cm³/mol. The lowest BCUT2D eigenvalue weighted by Gasteiger charge is -2.07. The van der Waals surface area contributed by atoms with Crippen LogP contribution in [-0.2, 0) is 4.79 Å². The molecule has 6 heteroatoms. The van der Waals surface area contributed by atoms with Gasteiger partial charge in [0.2, 0.25) is 11.7 Å². The van der Waals surface area contributed by atoms with E-state index in [4.69, 9.17) is 16.0 Å². The molecule has 0 spiro atoms. The van der Waals surface area contributed by atoms with E-state index in [1.807, 2.05) is 25.1 Å². The Kier molecular flexibility index (Phi) is 5.58. The molecular weight excluding hydrogens is 352 g/mol. The first kappa shape index (κ1) is 18.0. The van der Waals surface area contributed by atoms with Crippen molar-refractivity contribution >= 4 is 45.8 Å². The summed E-state index contributed by atoms with van der Waals surface area (Å²) < 4.78 is 5.71. The van der Waals surface area contributed by atoms with E-state index >= 15 is 0 Å². The van der Waals surface area contributed by atoms with E-state index in [9.17, 15) is 9.59 Å². The molecule has 1 heterocycles. The summed E-state index contributed by atoms with van der Waals surface area (Å²) in [7, 11) is 0. The van der Waals surface area contributed by atoms with Gasteiger partial charge in [-0.25, -0.2) is 0 Å². The molecule has 134 valence electrons. The van der Waals surface area contributed by atoms with Gasteiger partial charge in [-0.15, -0.1) is 0 Å². The highest BCUT2D eigenvalue weighted by molar-refractivity contribution is 6.31. The van der Waals surface area contributed by atoms with Crippen LogP contribution in [0.15, 0.2) is 52.9 Å². The number of carbonyl (C=O) groups excluding carboxylic acids is 2. The average Bonchev–Trinajstić information content (AvgIpc) is 2.99. The highest BCUT2D eigenvalue weighted by Gasteiger charge is 2.22. The highest BCUT2D eigenvalue weighted by atomic mass is 35.5. The van der Waals surface area contributed by atoms with Crippen molar-refractivity contribution in [3.8, 4) is 0 Å². The lowest BCUT2D eigenvalue weighted by atomic mass is 10.2. The second-order valence-electron chi connectivity index (χ2n) is 5.92. The zero-order chi connectivity index (χ0) is 18.5. The molecule has 0 aliphatic heterocycles. The third-order valence-corrected chi connectivity index (χ3v) is 4.14. The third kappa shape index (κ3) is 4.06. The molecule has 2 amide bonds. The molecule has 0 aliphatic rings. The van der Waals surface area contributed by atoms with E-state index in [1.165, 1.54) is 0 Å². The summed E-state index contributed by atoms with van der Waals surface area (Å²) in [6.07, 6.45) is 2.10. The minimum absolute atomic E-state index is 0.0658. The van der Waals surface area contributed by atoms with Gasteiger partial charge >= 0.3 is 0 Å². The molecule has 0 aliphatic carbocycles. The number of halogens is 1. The summed E-state index contributed by atoms with van der Waals surface area (Å²) in [6.45, 7) is 2.02. The minimum Gasteiger partial charge on any atom is -0.449 e. The fourth-order valence-electron chi connectivity index (χ4n) is 2.62. The summed E-state index contributed by atoms with van der Waals surface area (Å²) in [5.41, 5.74) is 1.47. The lowest BCUT2D eigenvalue weighted by molar-refractivity contribution is -0.116. The number of amides is 2. The number of unbranched alkanes of at least 4 members (excludes halogenated alkanes) is 1. The number of hydrogen-bond acceptors (Lipinski definition) is 3. The van der Waals surface area contributed by atoms with E-state index in [2.05, 4.69) is 10.6 Å². The third-order valence-electron chi connectivity index (χ3n) is 3.91. The van der Waals surface area contributed by atoms with Crippen molar-refractivity contribution in [1.82, 2.24) is 0 Å². The molecule has 26 heavy (non-hydrogen) atoms. The molecule has 2 N–H and O–H groups in total. The molecule has 0 bridgehead atoms. The highest BCUT2D eigenvalue weighted by Crippen LogP contribution is 2.32. The molecule has 0 saturated carbocycles. The Labute approximate surface area is 156 Å². The molecule has 3 rings (SSSR count). The number of rotatable bonds is 6. The Morgan fingerprint density at radius 3 is 2.65 bits per heavy atom. The topological polar surface area (TPSA) is 71.3 Å². The second-order valence-corrected chi connectivity index (χ2v) is 6.35. The largest absolute Gasteiger partial charge is 0.449 e. The molecule has 0 saturated heterocycles. The van der Waals surface area contributed by atoms with Crippen LogP contribution in [0.3, 0.4) is 0 Å². The molecule has 0 radical (unpaired) electrons. The van der Waals surface area contributed by atoms with Gasteiger partial charge in [-0.05, 0) is 36.8 Å². The van der Waals surface area contributed by atoms with E-state index in [0.29, 0.717) is 33.8 Å². The number of anilines is 2. The standard InChI is InChI=1S/C20H19ClN2O3/c1-2-3-11-17(24)23-18-15-9-4-5-10-16(15)26-19(18)20(25)22-14-8-6-7-13(21)12-14/h4-10,12H,2-3,11H2,1H3,(H,22,25)(H,23,24). The van der Waals surface area contributed by atoms with Gasteiger partial charge in [-0.2, -0.15) is 0 Å². The van der Waals surface area contributed by atoms with Crippen molar-refractivity contribution in [2.24, 2.45) is 0 Å². The summed E-state index contributed by atoms with van der Waals surface area (Å²) in [6, 6.07) is 14.0. The maximum atomic E-state index is 12.7. The minimum atomic E-state index is -0.450. The van der Waals surface area contributed by atoms with Gasteiger partial charge < -0.3 is 15.1 Å². The molecule has 3 aromatic rings. The number of benzene rings is 2. The molecular formula is C20H19ClN2O3. The van der Waals surface area contributed by atoms with Crippen molar-refractivity contribution in [2.45, 2.75) is 26.2 Å². The molecule has 2 aromatic carbocycles. The summed E-state index contributed by atoms with van der Waals surface area (Å²) in [4.78, 5) is 24.9. The Morgan fingerprint density at radius 2 is 1.88 bits per heavy atom. The normalized spacial score (nSPS) is 10.7. The fourth-order valence-corrected chi connectivity index (χ4v) is 2.81. The van der Waals surface area contributed by atoms with Crippen LogP contribution < -0.4 is 10.6 Å². The van der Waals surface area contributed by atoms with Crippen LogP contribution in [0.2, 0.25) is 5.02 Å². The lowest BCUT2D eigenvalue weighted by Crippen LogP contribution is -2.16. The first-order valence-corrected chi connectivity index (χ1v) is 8.84. The van der Waals surface area contributed by atoms with Crippen LogP contribution in [0.1, 0.15) is 36.7 Å². The van der Waals surface area contributed by atoms with Crippen molar-refractivity contribution in [2.75, 3.05) is 10.6 Å². The molecule has 0 unspecified atom stereocenters. The Morgan fingerprint density at radius 1 is 1.08 bits per heavy atom. The maximum Gasteiger partial charge on any atom is 0.293 e. The molecule has 0 fully saturated rings. The first-order chi connectivity index (χ1) is 12.6. The number of nitrogens with one attached hydrogen (secondary N) is 2. The Bertz CT molecular complexity index is 949. The number of fused-ring (bicyclic) bond motifs is 1. The van der Waals surface area contributed by atoms with E-state index < -0.39 is 5.91 Å². The Balaban J connectivity index is 1.92. The van der Waals surface area contributed by atoms with Gasteiger partial charge in [-0.3, -0.25) is 9.59 Å². The van der Waals surface area contributed by atoms with E-state index in [-0.39, 0.29) is 11.7 Å². The number of hydrogen-bond donors (Lipinski definition) is 2. The average molecular weight is 371 g/mol. The zero-order valence-electron chi connectivity index (χ0n) is 14.3. The molecule has 1 aromatic heterocycles. The summed E-state index contributed by atoms with van der Waals surface area (Å²) >= 11 is 5.96. The van der Waals surface area contributed by atoms with Gasteiger partial charge in [0, 0.05) is 22.5 Å². The van der Waals surface area contributed by atoms with Crippen LogP contribution in [0.25, 0.3) is 11.0 Å². The number of furan rings is 1. The van der Waals surface area contributed by atoms with Crippen LogP contribution in [0, 0.1) is 0 Å². The van der Waals surface area contributed by atoms with Crippen molar-refractivity contribution < 1.29 is 14.0 Å². The van der Waals surface area contributed by atoms with Crippen LogP contribution in [0.4, 0.5) is 11.4 Å². The monoisotopic (exact) mass is 370 g/mol. The fraction of sp³-hybridized carbons (Fsp3) is 0.200. The SMILES string of the molecule is CCCCC(=O)Nc1c(C(=O)Nc2cccc(Cl)c2)oc2ccccc12. The van der Waals surface area contributed by atoms with Gasteiger partial charge in [0.15, 0.2) is 0 Å². The number of carbonyl (C=O) groups is 2. The van der Waals surface area contributed by atoms with Gasteiger partial charge in [0.25, 0.3) is 5.91 Å². The van der Waals surface area contributed by atoms with Gasteiger partial charge in [-0.1, -0.05) is 43.1 Å². The van der Waals surface area contributed by atoms with Crippen molar-refractivity contribution in [1.29, 1.82) is 0 Å². The smallest absolute Gasteiger partial charge is 0.293 e. The van der Waals surface area contributed by atoms with Crippen LogP contribution in [-0.4, -0.2) is 11.8 Å². The molecule has 0 atom stereocenters. The summed E-state index contributed by atoms with van der Waals surface area (Å²) in [5.74, 6) is -0.527. The van der Waals surface area contributed by atoms with Crippen LogP contribution in [0.5, 0.6) is 0 Å². The van der Waals surface area contributed by atoms with Crippen molar-refractivity contribution in [3.05, 3.63) is 59.3 Å². The zero-order valence-corrected chi connectivity index (χ0v) is 15.1. The predicted octanol–water partition coefficient (Wildman–Crippen LogP) is 5.47. The summed E-state index contributed by atoms with van der Waals surface area (Å²) in [5, 5.41) is 6.78. The Hall–Kier alpha value is -2.79. The maximum absolute atomic E-state index is 12.7. The second kappa shape index (κ2) is 8.06. The van der Waals surface area contributed by atoms with Gasteiger partial charge in [0.05, 0.1) is 0 Å².